The van der Waals surface area contributed by atoms with Gasteiger partial charge < -0.3 is 10.1 Å². The average molecular weight is 185 g/mol. The molecule has 1 aromatic rings. The fraction of sp³-hybridized carbons (Fsp3) is 0.400. The highest BCUT2D eigenvalue weighted by Gasteiger charge is 2.11. The van der Waals surface area contributed by atoms with Crippen LogP contribution in [0.3, 0.4) is 0 Å². The van der Waals surface area contributed by atoms with Gasteiger partial charge in [0.2, 0.25) is 0 Å². The maximum atomic E-state index is 11.0. The molecular weight excluding hydrogens is 178 g/mol. The molecule has 0 aliphatic rings. The van der Waals surface area contributed by atoms with E-state index in [-0.39, 0.29) is 12.4 Å². The van der Waals surface area contributed by atoms with Gasteiger partial charge in [-0.15, -0.1) is 10.2 Å². The van der Waals surface area contributed by atoms with Crippen LogP contribution in [0.5, 0.6) is 0 Å². The number of methoxy groups -OCH3 is 1. The number of carbonyl (C=O) groups excluding carboxylic acids is 2. The zero-order valence-corrected chi connectivity index (χ0v) is 6.77. The maximum absolute atomic E-state index is 11.0. The van der Waals surface area contributed by atoms with E-state index in [1.807, 2.05) is 0 Å². The number of rotatable bonds is 3. The number of nitrogens with zero attached hydrogens (tertiary/aromatic N) is 3. The predicted octanol–water partition coefficient (Wildman–Crippen LogP) is -1.90. The molecule has 0 fully saturated rings. The number of nitrogens with one attached hydrogen (secondary N) is 2. The fourth-order valence-electron chi connectivity index (χ4n) is 0.562. The van der Waals surface area contributed by atoms with Crippen LogP contribution in [-0.4, -0.2) is 46.2 Å². The normalized spacial score (nSPS) is 9.31. The second-order valence-corrected chi connectivity index (χ2v) is 1.99. The first-order valence-electron chi connectivity index (χ1n) is 3.32. The number of esters is 1. The first-order valence-corrected chi connectivity index (χ1v) is 3.32. The van der Waals surface area contributed by atoms with Crippen LogP contribution in [0.2, 0.25) is 0 Å². The minimum atomic E-state index is -0.584. The largest absolute Gasteiger partial charge is 0.468 e. The van der Waals surface area contributed by atoms with Crippen LogP contribution in [0.25, 0.3) is 0 Å². The molecule has 0 unspecified atom stereocenters. The van der Waals surface area contributed by atoms with E-state index in [0.29, 0.717) is 0 Å². The number of hydrogen-bond acceptors (Lipinski definition) is 6. The lowest BCUT2D eigenvalue weighted by atomic mass is 10.5. The van der Waals surface area contributed by atoms with Crippen molar-refractivity contribution in [3.05, 3.63) is 5.82 Å². The van der Waals surface area contributed by atoms with E-state index in [1.165, 1.54) is 7.11 Å². The summed E-state index contributed by atoms with van der Waals surface area (Å²) in [6.07, 6.45) is 0. The Hall–Kier alpha value is -1.99. The van der Waals surface area contributed by atoms with Crippen molar-refractivity contribution < 1.29 is 14.3 Å². The van der Waals surface area contributed by atoms with Gasteiger partial charge >= 0.3 is 5.97 Å². The van der Waals surface area contributed by atoms with Gasteiger partial charge in [0, 0.05) is 0 Å². The van der Waals surface area contributed by atoms with Crippen molar-refractivity contribution in [3.8, 4) is 0 Å². The summed E-state index contributed by atoms with van der Waals surface area (Å²) >= 11 is 0. The minimum absolute atomic E-state index is 0.121. The minimum Gasteiger partial charge on any atom is -0.468 e. The third kappa shape index (κ3) is 2.51. The Morgan fingerprint density at radius 1 is 1.62 bits per heavy atom. The van der Waals surface area contributed by atoms with Gasteiger partial charge in [0.05, 0.1) is 7.11 Å². The van der Waals surface area contributed by atoms with Crippen LogP contribution in [0, 0.1) is 0 Å². The second-order valence-electron chi connectivity index (χ2n) is 1.99. The molecule has 1 amide bonds. The van der Waals surface area contributed by atoms with Gasteiger partial charge in [0.25, 0.3) is 11.7 Å². The number of tetrazole rings is 1. The van der Waals surface area contributed by atoms with E-state index in [1.54, 1.807) is 0 Å². The van der Waals surface area contributed by atoms with Crippen LogP contribution >= 0.6 is 0 Å². The van der Waals surface area contributed by atoms with Crippen molar-refractivity contribution >= 4 is 11.9 Å². The molecule has 70 valence electrons. The number of H-pyrrole nitrogens is 1. The number of hydrogen-bond donors (Lipinski definition) is 2. The van der Waals surface area contributed by atoms with E-state index < -0.39 is 11.9 Å². The highest BCUT2D eigenvalue weighted by atomic mass is 16.5. The molecular formula is C5H7N5O3. The lowest BCUT2D eigenvalue weighted by molar-refractivity contribution is -0.139. The Kier molecular flexibility index (Phi) is 2.90. The van der Waals surface area contributed by atoms with Crippen LogP contribution in [-0.2, 0) is 9.53 Å². The van der Waals surface area contributed by atoms with Gasteiger partial charge in [-0.3, -0.25) is 9.59 Å². The molecule has 0 bridgehead atoms. The molecule has 1 rings (SSSR count). The summed E-state index contributed by atoms with van der Waals surface area (Å²) in [6.45, 7) is -0.218. The van der Waals surface area contributed by atoms with Gasteiger partial charge in [0.1, 0.15) is 6.54 Å². The molecule has 13 heavy (non-hydrogen) atoms. The van der Waals surface area contributed by atoms with E-state index >= 15 is 0 Å². The summed E-state index contributed by atoms with van der Waals surface area (Å²) in [5.41, 5.74) is 0. The van der Waals surface area contributed by atoms with Crippen LogP contribution in [0.4, 0.5) is 0 Å². The predicted molar refractivity (Wildman–Crippen MR) is 38.5 cm³/mol. The number of carbonyl (C=O) groups is 2. The molecule has 0 saturated heterocycles. The lowest BCUT2D eigenvalue weighted by Gasteiger charge is -1.98. The van der Waals surface area contributed by atoms with Crippen molar-refractivity contribution in [2.45, 2.75) is 0 Å². The monoisotopic (exact) mass is 185 g/mol. The Balaban J connectivity index is 2.39. The van der Waals surface area contributed by atoms with Crippen molar-refractivity contribution in [1.82, 2.24) is 25.9 Å². The fourth-order valence-corrected chi connectivity index (χ4v) is 0.562. The summed E-state index contributed by atoms with van der Waals surface area (Å²) in [4.78, 5) is 21.6. The Bertz CT molecular complexity index is 295. The number of aromatic nitrogens is 4. The summed E-state index contributed by atoms with van der Waals surface area (Å²) < 4.78 is 4.30. The van der Waals surface area contributed by atoms with Gasteiger partial charge in [-0.05, 0) is 5.21 Å². The zero-order valence-electron chi connectivity index (χ0n) is 6.77. The van der Waals surface area contributed by atoms with Crippen molar-refractivity contribution in [1.29, 1.82) is 0 Å². The molecule has 1 heterocycles. The third-order valence-corrected chi connectivity index (χ3v) is 1.17. The Labute approximate surface area is 72.7 Å². The molecule has 0 spiro atoms. The molecule has 0 radical (unpaired) electrons. The summed E-state index contributed by atoms with van der Waals surface area (Å²) in [6, 6.07) is 0. The average Bonchev–Trinajstić information content (AvgIpc) is 2.66. The number of amides is 1. The quantitative estimate of drug-likeness (QED) is 0.532. The number of aromatic amines is 1. The molecule has 0 aromatic carbocycles. The van der Waals surface area contributed by atoms with E-state index in [4.69, 9.17) is 0 Å². The van der Waals surface area contributed by atoms with Gasteiger partial charge in [0.15, 0.2) is 0 Å². The first kappa shape index (κ1) is 9.10. The second kappa shape index (κ2) is 4.14. The van der Waals surface area contributed by atoms with Gasteiger partial charge in [-0.2, -0.15) is 5.21 Å². The zero-order chi connectivity index (χ0) is 9.68. The molecule has 0 aliphatic heterocycles. The van der Waals surface area contributed by atoms with Crippen molar-refractivity contribution in [2.24, 2.45) is 0 Å². The van der Waals surface area contributed by atoms with Crippen molar-refractivity contribution in [2.75, 3.05) is 13.7 Å². The van der Waals surface area contributed by atoms with Gasteiger partial charge in [-0.25, -0.2) is 0 Å². The topological polar surface area (TPSA) is 110 Å². The van der Waals surface area contributed by atoms with E-state index in [9.17, 15) is 9.59 Å². The maximum Gasteiger partial charge on any atom is 0.325 e. The van der Waals surface area contributed by atoms with Crippen LogP contribution < -0.4 is 5.32 Å². The van der Waals surface area contributed by atoms with Crippen molar-refractivity contribution in [3.63, 3.8) is 0 Å². The standard InChI is InChI=1S/C5H7N5O3/c1-13-3(11)2-6-5(12)4-7-9-10-8-4/h2H2,1H3,(H,6,12)(H,7,8,9,10). The summed E-state index contributed by atoms with van der Waals surface area (Å²) in [5.74, 6) is -1.25. The van der Waals surface area contributed by atoms with E-state index in [2.05, 4.69) is 30.7 Å². The van der Waals surface area contributed by atoms with Crippen LogP contribution in [0.1, 0.15) is 10.6 Å². The molecule has 8 nitrogen and oxygen atoms in total. The third-order valence-electron chi connectivity index (χ3n) is 1.17. The van der Waals surface area contributed by atoms with Gasteiger partial charge in [-0.1, -0.05) is 0 Å². The van der Waals surface area contributed by atoms with E-state index in [0.717, 1.165) is 0 Å². The molecule has 0 aliphatic carbocycles. The molecule has 2 N–H and O–H groups in total. The Morgan fingerprint density at radius 2 is 2.38 bits per heavy atom. The smallest absolute Gasteiger partial charge is 0.325 e. The summed E-state index contributed by atoms with van der Waals surface area (Å²) in [7, 11) is 1.23. The first-order chi connectivity index (χ1) is 6.24. The SMILES string of the molecule is COC(=O)CNC(=O)c1nn[nH]n1. The Morgan fingerprint density at radius 3 is 2.92 bits per heavy atom. The number of ether oxygens (including phenoxy) is 1. The van der Waals surface area contributed by atoms with Crippen LogP contribution in [0.15, 0.2) is 0 Å². The molecule has 0 saturated carbocycles. The lowest BCUT2D eigenvalue weighted by Crippen LogP contribution is -2.30. The highest BCUT2D eigenvalue weighted by Crippen LogP contribution is 1.82. The summed E-state index contributed by atoms with van der Waals surface area (Å²) in [5, 5.41) is 14.3. The molecule has 0 atom stereocenters. The molecule has 1 aromatic heterocycles. The highest BCUT2D eigenvalue weighted by molar-refractivity contribution is 5.92. The molecule has 8 heteroatoms.